The van der Waals surface area contributed by atoms with Gasteiger partial charge in [-0.05, 0) is 31.6 Å². The monoisotopic (exact) mass is 220 g/mol. The molecule has 1 heterocycles. The molecule has 2 rings (SSSR count). The van der Waals surface area contributed by atoms with Crippen LogP contribution in [0.15, 0.2) is 17.7 Å². The van der Waals surface area contributed by atoms with Crippen LogP contribution in [-0.4, -0.2) is 20.3 Å². The molecule has 3 heteroatoms. The van der Waals surface area contributed by atoms with Crippen LogP contribution >= 0.6 is 0 Å². The first-order valence-corrected chi connectivity index (χ1v) is 5.26. The van der Waals surface area contributed by atoms with Gasteiger partial charge in [0.25, 0.3) is 0 Å². The molecule has 1 unspecified atom stereocenters. The maximum absolute atomic E-state index is 5.78. The summed E-state index contributed by atoms with van der Waals surface area (Å²) in [6, 6.07) is 3.80. The predicted molar refractivity (Wildman–Crippen MR) is 63.3 cm³/mol. The van der Waals surface area contributed by atoms with Crippen molar-refractivity contribution in [3.8, 4) is 17.2 Å². The minimum Gasteiger partial charge on any atom is -0.493 e. The maximum Gasteiger partial charge on any atom is 0.164 e. The van der Waals surface area contributed by atoms with Gasteiger partial charge in [-0.3, -0.25) is 0 Å². The third kappa shape index (κ3) is 1.73. The molecular formula is C13H16O3. The first-order valence-electron chi connectivity index (χ1n) is 5.26. The zero-order valence-electron chi connectivity index (χ0n) is 10.0. The first kappa shape index (κ1) is 10.9. The molecular weight excluding hydrogens is 204 g/mol. The van der Waals surface area contributed by atoms with Crippen molar-refractivity contribution in [2.45, 2.75) is 20.0 Å². The molecule has 0 N–H and O–H groups in total. The molecule has 0 spiro atoms. The zero-order valence-corrected chi connectivity index (χ0v) is 10.0. The van der Waals surface area contributed by atoms with E-state index in [1.165, 1.54) is 5.57 Å². The molecule has 0 aliphatic carbocycles. The van der Waals surface area contributed by atoms with E-state index in [2.05, 4.69) is 13.0 Å². The van der Waals surface area contributed by atoms with Gasteiger partial charge in [0.1, 0.15) is 11.9 Å². The molecule has 0 aromatic heterocycles. The van der Waals surface area contributed by atoms with Crippen LogP contribution in [0.2, 0.25) is 0 Å². The van der Waals surface area contributed by atoms with Crippen molar-refractivity contribution < 1.29 is 14.2 Å². The van der Waals surface area contributed by atoms with Crippen LogP contribution in [-0.2, 0) is 0 Å². The molecule has 16 heavy (non-hydrogen) atoms. The van der Waals surface area contributed by atoms with Crippen LogP contribution in [0.25, 0.3) is 6.08 Å². The molecule has 0 saturated carbocycles. The Morgan fingerprint density at radius 2 is 1.75 bits per heavy atom. The molecule has 1 atom stereocenters. The van der Waals surface area contributed by atoms with E-state index in [4.69, 9.17) is 14.2 Å². The molecule has 1 aromatic carbocycles. The summed E-state index contributed by atoms with van der Waals surface area (Å²) in [6.45, 7) is 4.09. The second kappa shape index (κ2) is 4.08. The lowest BCUT2D eigenvalue weighted by molar-refractivity contribution is 0.251. The molecule has 0 fully saturated rings. The molecule has 3 nitrogen and oxygen atoms in total. The zero-order chi connectivity index (χ0) is 11.7. The highest BCUT2D eigenvalue weighted by atomic mass is 16.5. The van der Waals surface area contributed by atoms with Crippen LogP contribution < -0.4 is 14.2 Å². The van der Waals surface area contributed by atoms with Gasteiger partial charge < -0.3 is 14.2 Å². The molecule has 1 aromatic rings. The molecule has 0 saturated heterocycles. The average molecular weight is 220 g/mol. The number of rotatable bonds is 2. The Balaban J connectivity index is 2.51. The molecule has 86 valence electrons. The Kier molecular flexibility index (Phi) is 2.77. The molecule has 0 amide bonds. The number of hydrogen-bond donors (Lipinski definition) is 0. The van der Waals surface area contributed by atoms with Crippen molar-refractivity contribution in [3.63, 3.8) is 0 Å². The predicted octanol–water partition coefficient (Wildman–Crippen LogP) is 2.89. The third-order valence-electron chi connectivity index (χ3n) is 2.84. The number of hydrogen-bond acceptors (Lipinski definition) is 3. The van der Waals surface area contributed by atoms with Gasteiger partial charge >= 0.3 is 0 Å². The Bertz CT molecular complexity index is 435. The standard InChI is InChI=1S/C13H16O3/c1-8-5-10-6-12(14-3)13(15-4)7-11(10)16-9(8)2/h5-7,9H,1-4H3. The Morgan fingerprint density at radius 3 is 2.38 bits per heavy atom. The van der Waals surface area contributed by atoms with Crippen LogP contribution in [0.3, 0.4) is 0 Å². The highest BCUT2D eigenvalue weighted by molar-refractivity contribution is 5.67. The van der Waals surface area contributed by atoms with Gasteiger partial charge in [0, 0.05) is 11.6 Å². The summed E-state index contributed by atoms with van der Waals surface area (Å²) in [4.78, 5) is 0. The van der Waals surface area contributed by atoms with E-state index in [0.29, 0.717) is 5.75 Å². The van der Waals surface area contributed by atoms with Gasteiger partial charge in [0.2, 0.25) is 0 Å². The number of ether oxygens (including phenoxy) is 3. The van der Waals surface area contributed by atoms with E-state index in [0.717, 1.165) is 17.1 Å². The largest absolute Gasteiger partial charge is 0.493 e. The van der Waals surface area contributed by atoms with E-state index in [1.54, 1.807) is 14.2 Å². The van der Waals surface area contributed by atoms with Gasteiger partial charge in [-0.25, -0.2) is 0 Å². The minimum absolute atomic E-state index is 0.116. The molecule has 1 aliphatic rings. The van der Waals surface area contributed by atoms with Gasteiger partial charge in [-0.1, -0.05) is 0 Å². The van der Waals surface area contributed by atoms with Crippen molar-refractivity contribution in [2.24, 2.45) is 0 Å². The fourth-order valence-electron chi connectivity index (χ4n) is 1.74. The first-order chi connectivity index (χ1) is 7.65. The second-order valence-electron chi connectivity index (χ2n) is 3.89. The van der Waals surface area contributed by atoms with E-state index in [-0.39, 0.29) is 6.10 Å². The lowest BCUT2D eigenvalue weighted by Gasteiger charge is -2.23. The van der Waals surface area contributed by atoms with E-state index >= 15 is 0 Å². The van der Waals surface area contributed by atoms with Crippen LogP contribution in [0.4, 0.5) is 0 Å². The summed E-state index contributed by atoms with van der Waals surface area (Å²) >= 11 is 0. The minimum atomic E-state index is 0.116. The number of fused-ring (bicyclic) bond motifs is 1. The van der Waals surface area contributed by atoms with Gasteiger partial charge in [0.15, 0.2) is 11.5 Å². The van der Waals surface area contributed by atoms with E-state index in [1.807, 2.05) is 19.1 Å². The Hall–Kier alpha value is -1.64. The SMILES string of the molecule is COc1cc2c(cc1OC)OC(C)C(C)=C2. The highest BCUT2D eigenvalue weighted by Crippen LogP contribution is 2.38. The summed E-state index contributed by atoms with van der Waals surface area (Å²) in [6.07, 6.45) is 2.23. The summed E-state index contributed by atoms with van der Waals surface area (Å²) in [5, 5.41) is 0. The van der Waals surface area contributed by atoms with Gasteiger partial charge in [-0.15, -0.1) is 0 Å². The Morgan fingerprint density at radius 1 is 1.12 bits per heavy atom. The number of methoxy groups -OCH3 is 2. The lowest BCUT2D eigenvalue weighted by atomic mass is 10.0. The molecule has 0 bridgehead atoms. The second-order valence-corrected chi connectivity index (χ2v) is 3.89. The van der Waals surface area contributed by atoms with Gasteiger partial charge in [0.05, 0.1) is 14.2 Å². The van der Waals surface area contributed by atoms with Crippen molar-refractivity contribution >= 4 is 6.08 Å². The fraction of sp³-hybridized carbons (Fsp3) is 0.385. The summed E-state index contributed by atoms with van der Waals surface area (Å²) < 4.78 is 16.3. The fourth-order valence-corrected chi connectivity index (χ4v) is 1.74. The quantitative estimate of drug-likeness (QED) is 0.767. The maximum atomic E-state index is 5.78. The van der Waals surface area contributed by atoms with Crippen LogP contribution in [0.5, 0.6) is 17.2 Å². The van der Waals surface area contributed by atoms with Gasteiger partial charge in [-0.2, -0.15) is 0 Å². The molecule has 0 radical (unpaired) electrons. The smallest absolute Gasteiger partial charge is 0.164 e. The van der Waals surface area contributed by atoms with Crippen molar-refractivity contribution in [1.82, 2.24) is 0 Å². The van der Waals surface area contributed by atoms with Crippen molar-refractivity contribution in [2.75, 3.05) is 14.2 Å². The lowest BCUT2D eigenvalue weighted by Crippen LogP contribution is -2.17. The van der Waals surface area contributed by atoms with Crippen LogP contribution in [0, 0.1) is 0 Å². The number of benzene rings is 1. The Labute approximate surface area is 95.6 Å². The summed E-state index contributed by atoms with van der Waals surface area (Å²) in [7, 11) is 3.25. The van der Waals surface area contributed by atoms with Crippen molar-refractivity contribution in [3.05, 3.63) is 23.3 Å². The topological polar surface area (TPSA) is 27.7 Å². The van der Waals surface area contributed by atoms with Crippen molar-refractivity contribution in [1.29, 1.82) is 0 Å². The third-order valence-corrected chi connectivity index (χ3v) is 2.84. The van der Waals surface area contributed by atoms with E-state index < -0.39 is 0 Å². The molecule has 1 aliphatic heterocycles. The van der Waals surface area contributed by atoms with E-state index in [9.17, 15) is 0 Å². The summed E-state index contributed by atoms with van der Waals surface area (Å²) in [5.41, 5.74) is 2.24. The highest BCUT2D eigenvalue weighted by Gasteiger charge is 2.18. The van der Waals surface area contributed by atoms with Crippen LogP contribution in [0.1, 0.15) is 19.4 Å². The normalized spacial score (nSPS) is 18.2. The average Bonchev–Trinajstić information content (AvgIpc) is 2.29. The summed E-state index contributed by atoms with van der Waals surface area (Å²) in [5.74, 6) is 2.26.